The molecule has 0 aromatic rings. The molecule has 0 saturated carbocycles. The fourth-order valence-electron chi connectivity index (χ4n) is 4.36. The van der Waals surface area contributed by atoms with Gasteiger partial charge in [0.25, 0.3) is 0 Å². The van der Waals surface area contributed by atoms with Gasteiger partial charge in [-0.3, -0.25) is 28.8 Å². The van der Waals surface area contributed by atoms with Gasteiger partial charge in [-0.2, -0.15) is 0 Å². The number of ether oxygens (including phenoxy) is 4. The molecule has 252 valence electrons. The maximum absolute atomic E-state index is 11.6. The fraction of sp³-hybridized carbons (Fsp3) is 0.529. The lowest BCUT2D eigenvalue weighted by Crippen LogP contribution is -2.22. The van der Waals surface area contributed by atoms with Crippen LogP contribution in [0.1, 0.15) is 73.6 Å². The molecule has 4 aliphatic rings. The van der Waals surface area contributed by atoms with Crippen LogP contribution in [0.2, 0.25) is 0 Å². The first kappa shape index (κ1) is 39.5. The lowest BCUT2D eigenvalue weighted by Gasteiger charge is -2.20. The van der Waals surface area contributed by atoms with Gasteiger partial charge in [0.2, 0.25) is 0 Å². The number of carbonyl (C=O) groups is 8. The molecule has 12 nitrogen and oxygen atoms in total. The van der Waals surface area contributed by atoms with Gasteiger partial charge < -0.3 is 18.9 Å². The van der Waals surface area contributed by atoms with Crippen molar-refractivity contribution in [2.24, 2.45) is 41.4 Å². The van der Waals surface area contributed by atoms with Gasteiger partial charge in [-0.25, -0.2) is 9.59 Å². The van der Waals surface area contributed by atoms with Crippen LogP contribution in [0.25, 0.3) is 0 Å². The average molecular weight is 645 g/mol. The van der Waals surface area contributed by atoms with E-state index in [9.17, 15) is 38.4 Å². The Balaban J connectivity index is 0.000000346. The molecular formula is C34H44O12. The monoisotopic (exact) mass is 644 g/mol. The minimum Gasteiger partial charge on any atom is -0.393 e. The van der Waals surface area contributed by atoms with Crippen LogP contribution in [-0.2, 0) is 57.3 Å². The number of allylic oxidation sites excluding steroid dienone is 4. The molecule has 0 spiro atoms. The molecule has 0 amide bonds. The number of hydrogen-bond acceptors (Lipinski definition) is 12. The average Bonchev–Trinajstić information content (AvgIpc) is 3.67. The molecule has 4 unspecified atom stereocenters. The van der Waals surface area contributed by atoms with Crippen molar-refractivity contribution in [3.05, 3.63) is 49.1 Å². The number of esters is 8. The topological polar surface area (TPSA) is 173 Å². The van der Waals surface area contributed by atoms with Gasteiger partial charge in [0.05, 0.1) is 37.0 Å². The van der Waals surface area contributed by atoms with Crippen molar-refractivity contribution >= 4 is 47.8 Å². The zero-order valence-corrected chi connectivity index (χ0v) is 27.2. The Morgan fingerprint density at radius 3 is 1.61 bits per heavy atom. The van der Waals surface area contributed by atoms with Crippen molar-refractivity contribution in [2.45, 2.75) is 73.6 Å². The minimum atomic E-state index is -0.600. The van der Waals surface area contributed by atoms with E-state index in [-0.39, 0.29) is 43.0 Å². The van der Waals surface area contributed by atoms with Gasteiger partial charge in [-0.05, 0) is 36.5 Å². The first-order valence-electron chi connectivity index (χ1n) is 15.2. The van der Waals surface area contributed by atoms with E-state index in [0.717, 1.165) is 24.5 Å². The number of carbonyl (C=O) groups excluding carboxylic acids is 8. The third-order valence-electron chi connectivity index (χ3n) is 6.70. The molecule has 4 heterocycles. The van der Waals surface area contributed by atoms with E-state index in [1.54, 1.807) is 12.2 Å². The standard InChI is InChI=1S/C14H16O6.C10H14O3.C6H12.C4H2O3/c1-7(2)9(10-6-12(16)20-14(10)18)4-3-8-5-11(15)19-13(8)17;1-7(2)4-3-5-8-6-9(11)13-10(8)12;1-4-5-6(2)3;5-3-1-2-4(6)7-3/h3-4,7-10H,5-6H2,1-2H3;3-4,7-8H,5-6H2,1-2H3;4,6H,1,5H2,2-3H3;1-2H. The highest BCUT2D eigenvalue weighted by atomic mass is 16.6. The van der Waals surface area contributed by atoms with E-state index >= 15 is 0 Å². The van der Waals surface area contributed by atoms with Crippen LogP contribution in [0.4, 0.5) is 0 Å². The molecule has 0 aromatic carbocycles. The number of cyclic esters (lactones) is 8. The van der Waals surface area contributed by atoms with Crippen molar-refractivity contribution in [1.82, 2.24) is 0 Å². The SMILES string of the molecule is C=CCC(C)C.CC(C)C(C=CC1CC(=O)OC1=O)C1CC(=O)OC1=O.CC(C)C=CCC1CC(=O)OC1=O.O=C1C=CC(=O)O1. The quantitative estimate of drug-likeness (QED) is 0.149. The second-order valence-corrected chi connectivity index (χ2v) is 12.0. The van der Waals surface area contributed by atoms with Crippen molar-refractivity contribution in [3.63, 3.8) is 0 Å². The second kappa shape index (κ2) is 19.8. The van der Waals surface area contributed by atoms with E-state index in [1.165, 1.54) is 0 Å². The summed E-state index contributed by atoms with van der Waals surface area (Å²) in [5.74, 6) is -4.30. The molecule has 0 aromatic heterocycles. The van der Waals surface area contributed by atoms with E-state index in [4.69, 9.17) is 0 Å². The first-order chi connectivity index (χ1) is 21.5. The Labute approximate surface area is 269 Å². The molecule has 4 atom stereocenters. The summed E-state index contributed by atoms with van der Waals surface area (Å²) in [5.41, 5.74) is 0. The van der Waals surface area contributed by atoms with Gasteiger partial charge in [-0.1, -0.05) is 71.9 Å². The molecule has 46 heavy (non-hydrogen) atoms. The summed E-state index contributed by atoms with van der Waals surface area (Å²) in [4.78, 5) is 86.7. The molecule has 3 saturated heterocycles. The maximum atomic E-state index is 11.6. The van der Waals surface area contributed by atoms with Crippen LogP contribution >= 0.6 is 0 Å². The van der Waals surface area contributed by atoms with Crippen LogP contribution in [0.15, 0.2) is 49.1 Å². The Bertz CT molecular complexity index is 1230. The Morgan fingerprint density at radius 2 is 1.26 bits per heavy atom. The maximum Gasteiger partial charge on any atom is 0.338 e. The fourth-order valence-corrected chi connectivity index (χ4v) is 4.36. The summed E-state index contributed by atoms with van der Waals surface area (Å²) in [5, 5.41) is 0. The van der Waals surface area contributed by atoms with Gasteiger partial charge in [0.15, 0.2) is 0 Å². The van der Waals surface area contributed by atoms with E-state index in [2.05, 4.69) is 53.2 Å². The van der Waals surface area contributed by atoms with E-state index < -0.39 is 53.6 Å². The number of rotatable bonds is 9. The summed E-state index contributed by atoms with van der Waals surface area (Å²) in [6.07, 6.45) is 13.5. The Morgan fingerprint density at radius 1 is 0.717 bits per heavy atom. The molecule has 4 rings (SSSR count). The molecule has 3 fully saturated rings. The summed E-state index contributed by atoms with van der Waals surface area (Å²) >= 11 is 0. The van der Waals surface area contributed by atoms with Crippen molar-refractivity contribution < 1.29 is 57.3 Å². The van der Waals surface area contributed by atoms with Gasteiger partial charge in [0, 0.05) is 12.2 Å². The largest absolute Gasteiger partial charge is 0.393 e. The van der Waals surface area contributed by atoms with Crippen molar-refractivity contribution in [3.8, 4) is 0 Å². The normalized spacial score (nSPS) is 22.8. The first-order valence-corrected chi connectivity index (χ1v) is 15.2. The van der Waals surface area contributed by atoms with Gasteiger partial charge >= 0.3 is 47.8 Å². The Hall–Kier alpha value is -4.48. The third-order valence-corrected chi connectivity index (χ3v) is 6.70. The third kappa shape index (κ3) is 15.0. The summed E-state index contributed by atoms with van der Waals surface area (Å²) in [6, 6.07) is 0. The van der Waals surface area contributed by atoms with Crippen molar-refractivity contribution in [2.75, 3.05) is 0 Å². The van der Waals surface area contributed by atoms with Crippen LogP contribution in [0.3, 0.4) is 0 Å². The predicted octanol–water partition coefficient (Wildman–Crippen LogP) is 4.52. The zero-order valence-electron chi connectivity index (χ0n) is 27.2. The lowest BCUT2D eigenvalue weighted by atomic mass is 9.81. The molecule has 12 heteroatoms. The molecule has 0 radical (unpaired) electrons. The second-order valence-electron chi connectivity index (χ2n) is 12.0. The molecule has 0 bridgehead atoms. The highest BCUT2D eigenvalue weighted by molar-refractivity contribution is 6.05. The summed E-state index contributed by atoms with van der Waals surface area (Å²) in [7, 11) is 0. The van der Waals surface area contributed by atoms with Gasteiger partial charge in [-0.15, -0.1) is 6.58 Å². The van der Waals surface area contributed by atoms with Crippen LogP contribution in [0.5, 0.6) is 0 Å². The summed E-state index contributed by atoms with van der Waals surface area (Å²) < 4.78 is 17.4. The lowest BCUT2D eigenvalue weighted by molar-refractivity contribution is -0.155. The van der Waals surface area contributed by atoms with E-state index in [0.29, 0.717) is 12.3 Å². The Kier molecular flexibility index (Phi) is 17.0. The highest BCUT2D eigenvalue weighted by Crippen LogP contribution is 2.32. The van der Waals surface area contributed by atoms with Crippen LogP contribution in [0, 0.1) is 41.4 Å². The molecule has 0 N–H and O–H groups in total. The predicted molar refractivity (Wildman–Crippen MR) is 164 cm³/mol. The zero-order chi connectivity index (χ0) is 35.0. The molecule has 4 aliphatic heterocycles. The van der Waals surface area contributed by atoms with E-state index in [1.807, 2.05) is 32.1 Å². The summed E-state index contributed by atoms with van der Waals surface area (Å²) in [6.45, 7) is 15.9. The smallest absolute Gasteiger partial charge is 0.338 e. The van der Waals surface area contributed by atoms with Gasteiger partial charge in [0.1, 0.15) is 0 Å². The number of hydrogen-bond donors (Lipinski definition) is 0. The van der Waals surface area contributed by atoms with Crippen molar-refractivity contribution in [1.29, 1.82) is 0 Å². The molecular weight excluding hydrogens is 600 g/mol. The van der Waals surface area contributed by atoms with Crippen LogP contribution in [-0.4, -0.2) is 47.8 Å². The molecule has 0 aliphatic carbocycles. The minimum absolute atomic E-state index is 0.0220. The highest BCUT2D eigenvalue weighted by Gasteiger charge is 2.40. The van der Waals surface area contributed by atoms with Crippen LogP contribution < -0.4 is 0 Å².